The monoisotopic (exact) mass is 336 g/mol. The van der Waals surface area contributed by atoms with E-state index < -0.39 is 0 Å². The highest BCUT2D eigenvalue weighted by Gasteiger charge is 2.06. The van der Waals surface area contributed by atoms with Crippen molar-refractivity contribution in [1.82, 2.24) is 0 Å². The van der Waals surface area contributed by atoms with Crippen LogP contribution >= 0.6 is 27.7 Å². The van der Waals surface area contributed by atoms with Crippen LogP contribution in [0.25, 0.3) is 0 Å². The van der Waals surface area contributed by atoms with Crippen molar-refractivity contribution in [2.75, 3.05) is 0 Å². The lowest BCUT2D eigenvalue weighted by Crippen LogP contribution is -2.14. The Morgan fingerprint density at radius 3 is 2.63 bits per heavy atom. The molecule has 0 saturated carbocycles. The lowest BCUT2D eigenvalue weighted by molar-refractivity contribution is 0.318. The summed E-state index contributed by atoms with van der Waals surface area (Å²) in [6.07, 6.45) is 0. The number of hydrogen-bond acceptors (Lipinski definition) is 3. The van der Waals surface area contributed by atoms with E-state index in [2.05, 4.69) is 27.2 Å². The quantitative estimate of drug-likeness (QED) is 0.385. The fourth-order valence-corrected chi connectivity index (χ4v) is 3.16. The lowest BCUT2D eigenvalue weighted by atomic mass is 10.1. The Morgan fingerprint density at radius 2 is 2.00 bits per heavy atom. The average molecular weight is 337 g/mol. The fourth-order valence-electron chi connectivity index (χ4n) is 1.70. The molecule has 2 aromatic rings. The number of benzene rings is 2. The SMILES string of the molecule is Cc1cc(Sc2ccccc2Br)ccc1/C(N)=N/O. The summed E-state index contributed by atoms with van der Waals surface area (Å²) in [6.45, 7) is 1.94. The minimum Gasteiger partial charge on any atom is -0.409 e. The second-order valence-corrected chi connectivity index (χ2v) is 5.96. The molecule has 98 valence electrons. The van der Waals surface area contributed by atoms with Crippen LogP contribution in [0.2, 0.25) is 0 Å². The summed E-state index contributed by atoms with van der Waals surface area (Å²) >= 11 is 5.19. The Morgan fingerprint density at radius 1 is 1.26 bits per heavy atom. The molecule has 2 aromatic carbocycles. The second kappa shape index (κ2) is 6.12. The van der Waals surface area contributed by atoms with Gasteiger partial charge in [-0.05, 0) is 58.7 Å². The molecule has 0 aliphatic rings. The highest BCUT2D eigenvalue weighted by molar-refractivity contribution is 9.10. The molecule has 0 heterocycles. The van der Waals surface area contributed by atoms with Crippen LogP contribution in [0.3, 0.4) is 0 Å². The van der Waals surface area contributed by atoms with Crippen molar-refractivity contribution in [3.05, 3.63) is 58.1 Å². The zero-order valence-electron chi connectivity index (χ0n) is 10.3. The van der Waals surface area contributed by atoms with Crippen molar-refractivity contribution in [2.24, 2.45) is 10.9 Å². The standard InChI is InChI=1S/C14H13BrN2OS/c1-9-8-10(6-7-11(9)14(16)17-18)19-13-5-3-2-4-12(13)15/h2-8,18H,1H3,(H2,16,17). The molecule has 0 radical (unpaired) electrons. The van der Waals surface area contributed by atoms with Gasteiger partial charge in [-0.15, -0.1) is 0 Å². The summed E-state index contributed by atoms with van der Waals surface area (Å²) in [5.74, 6) is 0.134. The van der Waals surface area contributed by atoms with Gasteiger partial charge < -0.3 is 10.9 Å². The number of hydrogen-bond donors (Lipinski definition) is 2. The molecule has 0 atom stereocenters. The number of rotatable bonds is 3. The van der Waals surface area contributed by atoms with Gasteiger partial charge in [0, 0.05) is 19.8 Å². The smallest absolute Gasteiger partial charge is 0.170 e. The molecule has 0 unspecified atom stereocenters. The first-order valence-electron chi connectivity index (χ1n) is 5.62. The molecule has 0 aromatic heterocycles. The Labute approximate surface area is 124 Å². The minimum atomic E-state index is 0.134. The molecule has 5 heteroatoms. The van der Waals surface area contributed by atoms with E-state index in [4.69, 9.17) is 10.9 Å². The zero-order valence-corrected chi connectivity index (χ0v) is 12.7. The van der Waals surface area contributed by atoms with E-state index in [1.807, 2.05) is 43.3 Å². The molecule has 0 bridgehead atoms. The molecule has 0 fully saturated rings. The maximum atomic E-state index is 8.71. The van der Waals surface area contributed by atoms with E-state index >= 15 is 0 Å². The first kappa shape index (κ1) is 14.0. The van der Waals surface area contributed by atoms with E-state index in [-0.39, 0.29) is 5.84 Å². The molecule has 0 amide bonds. The molecule has 19 heavy (non-hydrogen) atoms. The second-order valence-electron chi connectivity index (χ2n) is 3.99. The predicted molar refractivity (Wildman–Crippen MR) is 82.0 cm³/mol. The topological polar surface area (TPSA) is 58.6 Å². The van der Waals surface area contributed by atoms with E-state index in [0.29, 0.717) is 0 Å². The molecular formula is C14H13BrN2OS. The Hall–Kier alpha value is -1.46. The third-order valence-corrected chi connectivity index (χ3v) is 4.67. The summed E-state index contributed by atoms with van der Waals surface area (Å²) in [5.41, 5.74) is 7.34. The number of amidine groups is 1. The van der Waals surface area contributed by atoms with Gasteiger partial charge >= 0.3 is 0 Å². The van der Waals surface area contributed by atoms with Crippen LogP contribution in [0.15, 0.2) is 61.9 Å². The van der Waals surface area contributed by atoms with Crippen LogP contribution in [0, 0.1) is 6.92 Å². The maximum absolute atomic E-state index is 8.71. The molecule has 3 N–H and O–H groups in total. The highest BCUT2D eigenvalue weighted by Crippen LogP contribution is 2.33. The molecule has 0 aliphatic heterocycles. The van der Waals surface area contributed by atoms with E-state index in [0.717, 1.165) is 25.4 Å². The third-order valence-electron chi connectivity index (χ3n) is 2.65. The first-order chi connectivity index (χ1) is 9.11. The average Bonchev–Trinajstić information content (AvgIpc) is 2.41. The summed E-state index contributed by atoms with van der Waals surface area (Å²) < 4.78 is 1.07. The van der Waals surface area contributed by atoms with Gasteiger partial charge in [-0.25, -0.2) is 0 Å². The van der Waals surface area contributed by atoms with Gasteiger partial charge in [-0.3, -0.25) is 0 Å². The van der Waals surface area contributed by atoms with Crippen molar-refractivity contribution in [2.45, 2.75) is 16.7 Å². The highest BCUT2D eigenvalue weighted by atomic mass is 79.9. The fraction of sp³-hybridized carbons (Fsp3) is 0.0714. The minimum absolute atomic E-state index is 0.134. The van der Waals surface area contributed by atoms with Gasteiger partial charge in [0.05, 0.1) is 0 Å². The third kappa shape index (κ3) is 3.30. The number of nitrogens with zero attached hydrogens (tertiary/aromatic N) is 1. The van der Waals surface area contributed by atoms with Gasteiger partial charge in [0.2, 0.25) is 0 Å². The number of nitrogens with two attached hydrogens (primary N) is 1. The van der Waals surface area contributed by atoms with Crippen molar-refractivity contribution < 1.29 is 5.21 Å². The molecule has 0 saturated heterocycles. The van der Waals surface area contributed by atoms with E-state index in [9.17, 15) is 0 Å². The van der Waals surface area contributed by atoms with Crippen LogP contribution in [0.1, 0.15) is 11.1 Å². The number of oxime groups is 1. The number of aryl methyl sites for hydroxylation is 1. The first-order valence-corrected chi connectivity index (χ1v) is 7.23. The maximum Gasteiger partial charge on any atom is 0.170 e. The van der Waals surface area contributed by atoms with Gasteiger partial charge in [-0.1, -0.05) is 29.1 Å². The summed E-state index contributed by atoms with van der Waals surface area (Å²) in [7, 11) is 0. The Kier molecular flexibility index (Phi) is 4.50. The molecular weight excluding hydrogens is 324 g/mol. The molecule has 0 spiro atoms. The van der Waals surface area contributed by atoms with E-state index in [1.54, 1.807) is 11.8 Å². The number of halogens is 1. The molecule has 3 nitrogen and oxygen atoms in total. The summed E-state index contributed by atoms with van der Waals surface area (Å²) in [6, 6.07) is 13.9. The normalized spacial score (nSPS) is 11.6. The van der Waals surface area contributed by atoms with Crippen molar-refractivity contribution in [3.63, 3.8) is 0 Å². The molecule has 2 rings (SSSR count). The summed E-state index contributed by atoms with van der Waals surface area (Å²) in [4.78, 5) is 2.26. The zero-order chi connectivity index (χ0) is 13.8. The predicted octanol–water partition coefficient (Wildman–Crippen LogP) is 4.00. The van der Waals surface area contributed by atoms with Crippen LogP contribution in [0.4, 0.5) is 0 Å². The van der Waals surface area contributed by atoms with Crippen LogP contribution in [-0.4, -0.2) is 11.0 Å². The summed E-state index contributed by atoms with van der Waals surface area (Å²) in [5, 5.41) is 11.7. The Bertz CT molecular complexity index is 629. The van der Waals surface area contributed by atoms with E-state index in [1.165, 1.54) is 0 Å². The Balaban J connectivity index is 2.29. The van der Waals surface area contributed by atoms with Gasteiger partial charge in [0.1, 0.15) is 0 Å². The van der Waals surface area contributed by atoms with Crippen LogP contribution in [0.5, 0.6) is 0 Å². The van der Waals surface area contributed by atoms with Crippen molar-refractivity contribution >= 4 is 33.5 Å². The van der Waals surface area contributed by atoms with Crippen LogP contribution in [-0.2, 0) is 0 Å². The van der Waals surface area contributed by atoms with Crippen molar-refractivity contribution in [1.29, 1.82) is 0 Å². The molecule has 0 aliphatic carbocycles. The van der Waals surface area contributed by atoms with Gasteiger partial charge in [-0.2, -0.15) is 0 Å². The van der Waals surface area contributed by atoms with Crippen molar-refractivity contribution in [3.8, 4) is 0 Å². The van der Waals surface area contributed by atoms with Crippen LogP contribution < -0.4 is 5.73 Å². The lowest BCUT2D eigenvalue weighted by Gasteiger charge is -2.08. The van der Waals surface area contributed by atoms with Gasteiger partial charge in [0.15, 0.2) is 5.84 Å². The van der Waals surface area contributed by atoms with Gasteiger partial charge in [0.25, 0.3) is 0 Å². The largest absolute Gasteiger partial charge is 0.409 e.